The fourth-order valence-electron chi connectivity index (χ4n) is 1.47. The van der Waals surface area contributed by atoms with Crippen LogP contribution in [-0.2, 0) is 0 Å². The molecule has 0 atom stereocenters. The minimum Gasteiger partial charge on any atom is -0.507 e. The molecule has 0 heterocycles. The van der Waals surface area contributed by atoms with Crippen molar-refractivity contribution in [1.82, 2.24) is 0 Å². The van der Waals surface area contributed by atoms with Crippen molar-refractivity contribution in [1.29, 1.82) is 0 Å². The first kappa shape index (κ1) is 10.2. The van der Waals surface area contributed by atoms with E-state index in [1.54, 1.807) is 30.3 Å². The lowest BCUT2D eigenvalue weighted by Crippen LogP contribution is -1.95. The molecular weight excluding hydrogens is 204 g/mol. The molecule has 0 fully saturated rings. The summed E-state index contributed by atoms with van der Waals surface area (Å²) in [5.41, 5.74) is 1.33. The molecule has 0 aliphatic carbocycles. The number of hydrogen-bond acceptors (Lipinski definition) is 2. The molecule has 0 saturated carbocycles. The summed E-state index contributed by atoms with van der Waals surface area (Å²) in [7, 11) is 0. The first-order valence-electron chi connectivity index (χ1n) is 4.72. The van der Waals surface area contributed by atoms with Crippen molar-refractivity contribution in [3.8, 4) is 16.9 Å². The monoisotopic (exact) mass is 213 g/mol. The Hall–Kier alpha value is -2.29. The largest absolute Gasteiger partial charge is 0.507 e. The summed E-state index contributed by atoms with van der Waals surface area (Å²) in [4.78, 5) is 10.8. The van der Waals surface area contributed by atoms with Gasteiger partial charge in [-0.3, -0.25) is 0 Å². The average molecular weight is 213 g/mol. The lowest BCUT2D eigenvalue weighted by atomic mass is 10.0. The van der Waals surface area contributed by atoms with Crippen LogP contribution in [0.3, 0.4) is 0 Å². The molecule has 0 saturated heterocycles. The Kier molecular flexibility index (Phi) is 2.60. The normalized spacial score (nSPS) is 10.0. The number of aromatic carboxylic acids is 1. The van der Waals surface area contributed by atoms with Crippen LogP contribution in [0.5, 0.6) is 5.75 Å². The molecule has 79 valence electrons. The summed E-state index contributed by atoms with van der Waals surface area (Å²) in [6.45, 7) is 0. The summed E-state index contributed by atoms with van der Waals surface area (Å²) in [6.07, 6.45) is 0. The third-order valence-corrected chi connectivity index (χ3v) is 2.23. The van der Waals surface area contributed by atoms with Crippen molar-refractivity contribution in [3.05, 3.63) is 54.1 Å². The Balaban J connectivity index is 2.53. The number of aromatic hydroxyl groups is 1. The van der Waals surface area contributed by atoms with Gasteiger partial charge in [0, 0.05) is 5.56 Å². The second-order valence-corrected chi connectivity index (χ2v) is 3.32. The van der Waals surface area contributed by atoms with Gasteiger partial charge in [-0.15, -0.1) is 0 Å². The smallest absolute Gasteiger partial charge is 0.335 e. The van der Waals surface area contributed by atoms with Crippen molar-refractivity contribution in [3.63, 3.8) is 0 Å². The molecule has 2 aromatic rings. The SMILES string of the molecule is O=C(O)c1cccc(-c2[c]cccc2O)c1. The summed E-state index contributed by atoms with van der Waals surface area (Å²) in [5, 5.41) is 18.5. The summed E-state index contributed by atoms with van der Waals surface area (Å²) >= 11 is 0. The van der Waals surface area contributed by atoms with Crippen LogP contribution in [-0.4, -0.2) is 16.2 Å². The van der Waals surface area contributed by atoms with E-state index >= 15 is 0 Å². The molecule has 0 bridgehead atoms. The van der Waals surface area contributed by atoms with E-state index in [1.807, 2.05) is 0 Å². The first-order chi connectivity index (χ1) is 7.68. The summed E-state index contributed by atoms with van der Waals surface area (Å²) in [5.74, 6) is -0.901. The number of carboxylic acids is 1. The Labute approximate surface area is 92.6 Å². The fraction of sp³-hybridized carbons (Fsp3) is 0. The summed E-state index contributed by atoms with van der Waals surface area (Å²) < 4.78 is 0. The molecule has 2 N–H and O–H groups in total. The zero-order valence-corrected chi connectivity index (χ0v) is 8.34. The highest BCUT2D eigenvalue weighted by Crippen LogP contribution is 2.28. The van der Waals surface area contributed by atoms with Crippen molar-refractivity contribution >= 4 is 5.97 Å². The average Bonchev–Trinajstić information content (AvgIpc) is 2.30. The predicted octanol–water partition coefficient (Wildman–Crippen LogP) is 2.56. The van der Waals surface area contributed by atoms with Crippen LogP contribution >= 0.6 is 0 Å². The number of hydrogen-bond donors (Lipinski definition) is 2. The van der Waals surface area contributed by atoms with Crippen LogP contribution in [0.1, 0.15) is 10.4 Å². The van der Waals surface area contributed by atoms with E-state index in [0.717, 1.165) is 0 Å². The number of phenols is 1. The first-order valence-corrected chi connectivity index (χ1v) is 4.72. The Morgan fingerprint density at radius 2 is 2.00 bits per heavy atom. The van der Waals surface area contributed by atoms with Crippen molar-refractivity contribution < 1.29 is 15.0 Å². The molecule has 3 nitrogen and oxygen atoms in total. The Morgan fingerprint density at radius 1 is 1.19 bits per heavy atom. The van der Waals surface area contributed by atoms with E-state index in [1.165, 1.54) is 12.1 Å². The second kappa shape index (κ2) is 4.06. The van der Waals surface area contributed by atoms with Crippen LogP contribution in [0, 0.1) is 6.07 Å². The molecule has 2 aromatic carbocycles. The lowest BCUT2D eigenvalue weighted by Gasteiger charge is -2.04. The number of phenolic OH excluding ortho intramolecular Hbond substituents is 1. The van der Waals surface area contributed by atoms with Gasteiger partial charge in [0.05, 0.1) is 5.56 Å². The number of rotatable bonds is 2. The van der Waals surface area contributed by atoms with Crippen LogP contribution in [0.15, 0.2) is 42.5 Å². The van der Waals surface area contributed by atoms with Crippen molar-refractivity contribution in [2.75, 3.05) is 0 Å². The van der Waals surface area contributed by atoms with E-state index in [2.05, 4.69) is 6.07 Å². The molecule has 1 radical (unpaired) electrons. The highest BCUT2D eigenvalue weighted by Gasteiger charge is 2.07. The highest BCUT2D eigenvalue weighted by molar-refractivity contribution is 5.89. The zero-order chi connectivity index (χ0) is 11.5. The van der Waals surface area contributed by atoms with Crippen molar-refractivity contribution in [2.24, 2.45) is 0 Å². The maximum Gasteiger partial charge on any atom is 0.335 e. The van der Waals surface area contributed by atoms with E-state index in [-0.39, 0.29) is 11.3 Å². The van der Waals surface area contributed by atoms with Gasteiger partial charge in [0.25, 0.3) is 0 Å². The van der Waals surface area contributed by atoms with Gasteiger partial charge in [-0.05, 0) is 29.8 Å². The van der Waals surface area contributed by atoms with Gasteiger partial charge in [-0.25, -0.2) is 4.79 Å². The van der Waals surface area contributed by atoms with Crippen LogP contribution < -0.4 is 0 Å². The standard InChI is InChI=1S/C13H9O3/c14-12-7-2-1-6-11(12)9-4-3-5-10(8-9)13(15)16/h1-5,7-8,14H,(H,15,16). The van der Waals surface area contributed by atoms with Gasteiger partial charge in [-0.2, -0.15) is 0 Å². The maximum atomic E-state index is 10.8. The number of carboxylic acid groups (broad SMARTS) is 1. The highest BCUT2D eigenvalue weighted by atomic mass is 16.4. The predicted molar refractivity (Wildman–Crippen MR) is 59.3 cm³/mol. The molecule has 0 spiro atoms. The van der Waals surface area contributed by atoms with E-state index in [0.29, 0.717) is 11.1 Å². The second-order valence-electron chi connectivity index (χ2n) is 3.32. The number of benzene rings is 2. The van der Waals surface area contributed by atoms with Gasteiger partial charge in [0.15, 0.2) is 0 Å². The van der Waals surface area contributed by atoms with Crippen LogP contribution in [0.4, 0.5) is 0 Å². The Bertz CT molecular complexity index is 532. The number of carbonyl (C=O) groups is 1. The van der Waals surface area contributed by atoms with Gasteiger partial charge in [0.1, 0.15) is 5.75 Å². The van der Waals surface area contributed by atoms with Gasteiger partial charge < -0.3 is 10.2 Å². The third-order valence-electron chi connectivity index (χ3n) is 2.23. The van der Waals surface area contributed by atoms with Gasteiger partial charge >= 0.3 is 5.97 Å². The third kappa shape index (κ3) is 1.88. The van der Waals surface area contributed by atoms with Crippen LogP contribution in [0.25, 0.3) is 11.1 Å². The molecule has 0 aliphatic rings. The zero-order valence-electron chi connectivity index (χ0n) is 8.34. The summed E-state index contributed by atoms with van der Waals surface area (Å²) in [6, 6.07) is 14.1. The van der Waals surface area contributed by atoms with Gasteiger partial charge in [0.2, 0.25) is 0 Å². The topological polar surface area (TPSA) is 57.5 Å². The molecule has 3 heteroatoms. The van der Waals surface area contributed by atoms with Crippen molar-refractivity contribution in [2.45, 2.75) is 0 Å². The Morgan fingerprint density at radius 3 is 2.69 bits per heavy atom. The minimum atomic E-state index is -0.989. The molecule has 16 heavy (non-hydrogen) atoms. The molecule has 0 unspecified atom stereocenters. The van der Waals surface area contributed by atoms with E-state index in [4.69, 9.17) is 5.11 Å². The van der Waals surface area contributed by atoms with Crippen LogP contribution in [0.2, 0.25) is 0 Å². The molecule has 0 aromatic heterocycles. The molecule has 2 rings (SSSR count). The molecule has 0 amide bonds. The lowest BCUT2D eigenvalue weighted by molar-refractivity contribution is 0.0697. The quantitative estimate of drug-likeness (QED) is 0.806. The molecule has 0 aliphatic heterocycles. The fourth-order valence-corrected chi connectivity index (χ4v) is 1.47. The van der Waals surface area contributed by atoms with Gasteiger partial charge in [-0.1, -0.05) is 24.3 Å². The maximum absolute atomic E-state index is 10.8. The molecular formula is C13H9O3. The minimum absolute atomic E-state index is 0.0880. The van der Waals surface area contributed by atoms with E-state index < -0.39 is 5.97 Å². The van der Waals surface area contributed by atoms with E-state index in [9.17, 15) is 9.90 Å².